The van der Waals surface area contributed by atoms with E-state index < -0.39 is 0 Å². The molecule has 19 heavy (non-hydrogen) atoms. The fraction of sp³-hybridized carbons (Fsp3) is 0.500. The first-order valence-corrected chi connectivity index (χ1v) is 7.35. The molecule has 1 aromatic rings. The van der Waals surface area contributed by atoms with Crippen LogP contribution in [-0.2, 0) is 0 Å². The van der Waals surface area contributed by atoms with Crippen molar-refractivity contribution in [3.8, 4) is 5.75 Å². The lowest BCUT2D eigenvalue weighted by Gasteiger charge is -2.27. The van der Waals surface area contributed by atoms with Gasteiger partial charge in [0, 0.05) is 17.6 Å². The van der Waals surface area contributed by atoms with E-state index in [0.717, 1.165) is 36.8 Å². The highest BCUT2D eigenvalue weighted by atomic mass is 79.9. The molecule has 104 valence electrons. The maximum Gasteiger partial charge on any atom is 0.257 e. The molecule has 1 aliphatic rings. The van der Waals surface area contributed by atoms with Gasteiger partial charge >= 0.3 is 0 Å². The number of rotatable bonds is 2. The first-order valence-electron chi connectivity index (χ1n) is 6.56. The third-order valence-electron chi connectivity index (χ3n) is 3.60. The highest BCUT2D eigenvalue weighted by Crippen LogP contribution is 2.25. The summed E-state index contributed by atoms with van der Waals surface area (Å²) >= 11 is 3.28. The third-order valence-corrected chi connectivity index (χ3v) is 4.10. The molecule has 0 aromatic heterocycles. The molecule has 1 amide bonds. The zero-order valence-electron chi connectivity index (χ0n) is 11.0. The molecule has 5 heteroatoms. The molecule has 2 N–H and O–H groups in total. The molecular formula is C14H19BrN2O2. The molecular weight excluding hydrogens is 308 g/mol. The predicted molar refractivity (Wildman–Crippen MR) is 78.4 cm³/mol. The molecule has 0 radical (unpaired) electrons. The predicted octanol–water partition coefficient (Wildman–Crippen LogP) is 2.37. The summed E-state index contributed by atoms with van der Waals surface area (Å²) in [6, 6.07) is 5.23. The van der Waals surface area contributed by atoms with Gasteiger partial charge in [-0.3, -0.25) is 4.79 Å². The van der Waals surface area contributed by atoms with Crippen LogP contribution in [0.25, 0.3) is 0 Å². The Morgan fingerprint density at radius 1 is 1.42 bits per heavy atom. The van der Waals surface area contributed by atoms with Crippen molar-refractivity contribution in [1.82, 2.24) is 10.2 Å². The van der Waals surface area contributed by atoms with Crippen molar-refractivity contribution < 1.29 is 9.90 Å². The molecule has 1 aliphatic heterocycles. The standard InChI is InChI=1S/C14H19BrN2O2/c1-17(11-3-2-7-16-8-6-11)14(19)12-5-4-10(15)9-13(12)18/h4-5,9,11,16,18H,2-3,6-8H2,1H3. The van der Waals surface area contributed by atoms with Gasteiger partial charge in [0.2, 0.25) is 0 Å². The van der Waals surface area contributed by atoms with Gasteiger partial charge in [-0.25, -0.2) is 0 Å². The summed E-state index contributed by atoms with van der Waals surface area (Å²) in [5, 5.41) is 13.2. The average molecular weight is 327 g/mol. The maximum absolute atomic E-state index is 12.4. The number of hydrogen-bond donors (Lipinski definition) is 2. The molecule has 4 nitrogen and oxygen atoms in total. The fourth-order valence-corrected chi connectivity index (χ4v) is 2.78. The molecule has 0 saturated carbocycles. The van der Waals surface area contributed by atoms with Crippen LogP contribution in [0.5, 0.6) is 5.75 Å². The minimum absolute atomic E-state index is 0.0259. The molecule has 0 bridgehead atoms. The van der Waals surface area contributed by atoms with Crippen LogP contribution in [0.1, 0.15) is 29.6 Å². The molecule has 1 saturated heterocycles. The number of hydrogen-bond acceptors (Lipinski definition) is 3. The summed E-state index contributed by atoms with van der Waals surface area (Å²) in [6.07, 6.45) is 3.04. The quantitative estimate of drug-likeness (QED) is 0.877. The third kappa shape index (κ3) is 3.48. The number of carbonyl (C=O) groups is 1. The van der Waals surface area contributed by atoms with Crippen LogP contribution in [0.4, 0.5) is 0 Å². The van der Waals surface area contributed by atoms with E-state index in [0.29, 0.717) is 5.56 Å². The molecule has 0 aliphatic carbocycles. The average Bonchev–Trinajstić information content (AvgIpc) is 2.66. The van der Waals surface area contributed by atoms with Gasteiger partial charge in [0.25, 0.3) is 5.91 Å². The number of halogens is 1. The number of nitrogens with one attached hydrogen (secondary N) is 1. The van der Waals surface area contributed by atoms with Crippen LogP contribution in [0.15, 0.2) is 22.7 Å². The Balaban J connectivity index is 2.13. The Labute approximate surface area is 121 Å². The van der Waals surface area contributed by atoms with Gasteiger partial charge in [0.05, 0.1) is 5.56 Å². The SMILES string of the molecule is CN(C(=O)c1ccc(Br)cc1O)C1CCCNCC1. The highest BCUT2D eigenvalue weighted by Gasteiger charge is 2.23. The number of phenols is 1. The molecule has 1 atom stereocenters. The Morgan fingerprint density at radius 2 is 2.21 bits per heavy atom. The van der Waals surface area contributed by atoms with Gasteiger partial charge in [-0.15, -0.1) is 0 Å². The largest absolute Gasteiger partial charge is 0.507 e. The number of amides is 1. The van der Waals surface area contributed by atoms with Crippen LogP contribution in [0.3, 0.4) is 0 Å². The summed E-state index contributed by atoms with van der Waals surface area (Å²) in [5.41, 5.74) is 0.364. The summed E-state index contributed by atoms with van der Waals surface area (Å²) in [5.74, 6) is -0.0881. The molecule has 2 rings (SSSR count). The van der Waals surface area contributed by atoms with Gasteiger partial charge in [0.15, 0.2) is 0 Å². The van der Waals surface area contributed by atoms with Crippen LogP contribution in [-0.4, -0.2) is 42.1 Å². The van der Waals surface area contributed by atoms with E-state index in [1.807, 2.05) is 7.05 Å². The van der Waals surface area contributed by atoms with E-state index in [1.54, 1.807) is 23.1 Å². The highest BCUT2D eigenvalue weighted by molar-refractivity contribution is 9.10. The Kier molecular flexibility index (Phi) is 4.82. The Morgan fingerprint density at radius 3 is 2.95 bits per heavy atom. The van der Waals surface area contributed by atoms with Crippen molar-refractivity contribution in [2.75, 3.05) is 20.1 Å². The van der Waals surface area contributed by atoms with Crippen molar-refractivity contribution in [1.29, 1.82) is 0 Å². The molecule has 1 heterocycles. The first-order chi connectivity index (χ1) is 9.09. The van der Waals surface area contributed by atoms with Crippen LogP contribution >= 0.6 is 15.9 Å². The van der Waals surface area contributed by atoms with Crippen molar-refractivity contribution in [3.05, 3.63) is 28.2 Å². The van der Waals surface area contributed by atoms with Gasteiger partial charge in [-0.1, -0.05) is 15.9 Å². The van der Waals surface area contributed by atoms with Gasteiger partial charge < -0.3 is 15.3 Å². The van der Waals surface area contributed by atoms with Gasteiger partial charge in [-0.05, 0) is 50.6 Å². The van der Waals surface area contributed by atoms with Crippen LogP contribution in [0.2, 0.25) is 0 Å². The second kappa shape index (κ2) is 6.39. The second-order valence-electron chi connectivity index (χ2n) is 4.91. The van der Waals surface area contributed by atoms with E-state index in [1.165, 1.54) is 0 Å². The number of carbonyl (C=O) groups excluding carboxylic acids is 1. The van der Waals surface area contributed by atoms with Crippen LogP contribution in [0, 0.1) is 0 Å². The van der Waals surface area contributed by atoms with Crippen molar-refractivity contribution in [2.24, 2.45) is 0 Å². The maximum atomic E-state index is 12.4. The fourth-order valence-electron chi connectivity index (χ4n) is 2.43. The summed E-state index contributed by atoms with van der Waals surface area (Å²) in [7, 11) is 1.82. The zero-order chi connectivity index (χ0) is 13.8. The van der Waals surface area contributed by atoms with E-state index in [2.05, 4.69) is 21.2 Å². The number of aromatic hydroxyl groups is 1. The molecule has 1 unspecified atom stereocenters. The Bertz CT molecular complexity index is 457. The summed E-state index contributed by atoms with van der Waals surface area (Å²) in [4.78, 5) is 14.2. The lowest BCUT2D eigenvalue weighted by Crippen LogP contribution is -2.37. The van der Waals surface area contributed by atoms with E-state index >= 15 is 0 Å². The summed E-state index contributed by atoms with van der Waals surface area (Å²) < 4.78 is 0.767. The van der Waals surface area contributed by atoms with Crippen LogP contribution < -0.4 is 5.32 Å². The second-order valence-corrected chi connectivity index (χ2v) is 5.83. The first kappa shape index (κ1) is 14.3. The van der Waals surface area contributed by atoms with E-state index in [9.17, 15) is 9.90 Å². The van der Waals surface area contributed by atoms with Gasteiger partial charge in [0.1, 0.15) is 5.75 Å². The monoisotopic (exact) mass is 326 g/mol. The minimum Gasteiger partial charge on any atom is -0.507 e. The smallest absolute Gasteiger partial charge is 0.257 e. The van der Waals surface area contributed by atoms with Crippen molar-refractivity contribution in [3.63, 3.8) is 0 Å². The topological polar surface area (TPSA) is 52.6 Å². The molecule has 1 fully saturated rings. The number of benzene rings is 1. The number of nitrogens with zero attached hydrogens (tertiary/aromatic N) is 1. The lowest BCUT2D eigenvalue weighted by molar-refractivity contribution is 0.0717. The normalized spacial score (nSPS) is 19.8. The number of phenolic OH excluding ortho intramolecular Hbond substituents is 1. The lowest BCUT2D eigenvalue weighted by atomic mass is 10.1. The van der Waals surface area contributed by atoms with Crippen molar-refractivity contribution >= 4 is 21.8 Å². The minimum atomic E-state index is -0.114. The van der Waals surface area contributed by atoms with E-state index in [-0.39, 0.29) is 17.7 Å². The molecule has 1 aromatic carbocycles. The Hall–Kier alpha value is -1.07. The molecule has 0 spiro atoms. The summed E-state index contributed by atoms with van der Waals surface area (Å²) in [6.45, 7) is 1.96. The van der Waals surface area contributed by atoms with E-state index in [4.69, 9.17) is 0 Å². The van der Waals surface area contributed by atoms with Crippen molar-refractivity contribution in [2.45, 2.75) is 25.3 Å². The van der Waals surface area contributed by atoms with Gasteiger partial charge in [-0.2, -0.15) is 0 Å². The zero-order valence-corrected chi connectivity index (χ0v) is 12.6.